The second-order valence-corrected chi connectivity index (χ2v) is 5.03. The monoisotopic (exact) mass is 274 g/mol. The van der Waals surface area contributed by atoms with Gasteiger partial charge in [-0.05, 0) is 44.4 Å². The maximum Gasteiger partial charge on any atom is 0.208 e. The number of nitrogens with one attached hydrogen (secondary N) is 1. The molecule has 2 rings (SSSR count). The van der Waals surface area contributed by atoms with Crippen molar-refractivity contribution in [1.29, 1.82) is 0 Å². The summed E-state index contributed by atoms with van der Waals surface area (Å²) < 4.78 is 10.6. The molecule has 4 heteroatoms. The van der Waals surface area contributed by atoms with Gasteiger partial charge in [0.25, 0.3) is 0 Å². The van der Waals surface area contributed by atoms with Crippen LogP contribution in [0.3, 0.4) is 0 Å². The van der Waals surface area contributed by atoms with E-state index in [9.17, 15) is 0 Å². The largest absolute Gasteiger partial charge is 0.497 e. The van der Waals surface area contributed by atoms with Crippen LogP contribution in [0.2, 0.25) is 0 Å². The van der Waals surface area contributed by atoms with Gasteiger partial charge in [0.15, 0.2) is 0 Å². The number of hydrogen-bond acceptors (Lipinski definition) is 4. The summed E-state index contributed by atoms with van der Waals surface area (Å²) in [6, 6.07) is 8.65. The van der Waals surface area contributed by atoms with E-state index >= 15 is 0 Å². The molecule has 1 aromatic carbocycles. The van der Waals surface area contributed by atoms with Gasteiger partial charge in [-0.15, -0.1) is 0 Å². The smallest absolute Gasteiger partial charge is 0.208 e. The summed E-state index contributed by atoms with van der Waals surface area (Å²) in [7, 11) is 1.69. The fourth-order valence-electron chi connectivity index (χ4n) is 2.02. The molecular weight excluding hydrogens is 252 g/mol. The number of hydrogen-bond donors (Lipinski definition) is 1. The van der Waals surface area contributed by atoms with E-state index in [0.29, 0.717) is 12.6 Å². The van der Waals surface area contributed by atoms with E-state index in [1.165, 1.54) is 5.56 Å². The van der Waals surface area contributed by atoms with E-state index in [1.54, 1.807) is 13.3 Å². The first-order valence-corrected chi connectivity index (χ1v) is 6.95. The van der Waals surface area contributed by atoms with Crippen LogP contribution in [0.15, 0.2) is 34.9 Å². The lowest BCUT2D eigenvalue weighted by Gasteiger charge is -2.12. The molecule has 0 saturated carbocycles. The van der Waals surface area contributed by atoms with Gasteiger partial charge >= 0.3 is 0 Å². The molecule has 2 aromatic rings. The number of rotatable bonds is 7. The minimum absolute atomic E-state index is 0.421. The average Bonchev–Trinajstić information content (AvgIpc) is 2.89. The third-order valence-electron chi connectivity index (χ3n) is 3.30. The molecule has 0 radical (unpaired) electrons. The second kappa shape index (κ2) is 7.10. The molecule has 0 aliphatic carbocycles. The number of benzene rings is 1. The van der Waals surface area contributed by atoms with Crippen LogP contribution < -0.4 is 10.1 Å². The Labute approximate surface area is 120 Å². The van der Waals surface area contributed by atoms with Crippen molar-refractivity contribution < 1.29 is 9.15 Å². The number of nitrogens with zero attached hydrogens (tertiary/aromatic N) is 1. The molecule has 108 valence electrons. The third-order valence-corrected chi connectivity index (χ3v) is 3.30. The Morgan fingerprint density at radius 2 is 2.05 bits per heavy atom. The lowest BCUT2D eigenvalue weighted by molar-refractivity contribution is 0.414. The molecule has 1 unspecified atom stereocenters. The van der Waals surface area contributed by atoms with Crippen molar-refractivity contribution in [3.63, 3.8) is 0 Å². The van der Waals surface area contributed by atoms with Crippen LogP contribution >= 0.6 is 0 Å². The first-order valence-electron chi connectivity index (χ1n) is 6.95. The summed E-state index contributed by atoms with van der Waals surface area (Å²) >= 11 is 0. The van der Waals surface area contributed by atoms with E-state index in [4.69, 9.17) is 9.15 Å². The van der Waals surface area contributed by atoms with Crippen LogP contribution in [-0.2, 0) is 13.0 Å². The number of aryl methyl sites for hydroxylation is 2. The Hall–Kier alpha value is -1.81. The van der Waals surface area contributed by atoms with Crippen molar-refractivity contribution in [2.75, 3.05) is 7.11 Å². The lowest BCUT2D eigenvalue weighted by atomic mass is 10.1. The van der Waals surface area contributed by atoms with E-state index in [0.717, 1.165) is 30.2 Å². The van der Waals surface area contributed by atoms with Gasteiger partial charge in [-0.3, -0.25) is 0 Å². The Morgan fingerprint density at radius 3 is 2.65 bits per heavy atom. The molecule has 0 saturated heterocycles. The quantitative estimate of drug-likeness (QED) is 0.842. The van der Waals surface area contributed by atoms with Gasteiger partial charge in [0.2, 0.25) is 5.89 Å². The zero-order chi connectivity index (χ0) is 14.4. The SMILES string of the molecule is COc1ccc(CCC(C)NCc2ncc(C)o2)cc1. The Kier molecular flexibility index (Phi) is 5.18. The lowest BCUT2D eigenvalue weighted by Crippen LogP contribution is -2.26. The molecular formula is C16H22N2O2. The molecule has 4 nitrogen and oxygen atoms in total. The Balaban J connectivity index is 1.72. The van der Waals surface area contributed by atoms with Crippen LogP contribution in [0, 0.1) is 6.92 Å². The van der Waals surface area contributed by atoms with Gasteiger partial charge in [0, 0.05) is 6.04 Å². The fourth-order valence-corrected chi connectivity index (χ4v) is 2.02. The highest BCUT2D eigenvalue weighted by Crippen LogP contribution is 2.13. The van der Waals surface area contributed by atoms with Crippen molar-refractivity contribution >= 4 is 0 Å². The molecule has 0 spiro atoms. The molecule has 1 atom stereocenters. The van der Waals surface area contributed by atoms with Crippen LogP contribution in [0.1, 0.15) is 30.6 Å². The maximum absolute atomic E-state index is 5.43. The molecule has 0 aliphatic heterocycles. The molecule has 1 aromatic heterocycles. The summed E-state index contributed by atoms with van der Waals surface area (Å²) in [5.41, 5.74) is 1.33. The van der Waals surface area contributed by atoms with Gasteiger partial charge in [0.1, 0.15) is 11.5 Å². The van der Waals surface area contributed by atoms with Gasteiger partial charge in [0.05, 0.1) is 19.9 Å². The van der Waals surface area contributed by atoms with Gasteiger partial charge in [-0.1, -0.05) is 12.1 Å². The molecule has 0 fully saturated rings. The van der Waals surface area contributed by atoms with Crippen LogP contribution in [0.25, 0.3) is 0 Å². The summed E-state index contributed by atoms with van der Waals surface area (Å²) in [5, 5.41) is 3.42. The Morgan fingerprint density at radius 1 is 1.30 bits per heavy atom. The minimum Gasteiger partial charge on any atom is -0.497 e. The Bertz CT molecular complexity index is 520. The average molecular weight is 274 g/mol. The van der Waals surface area contributed by atoms with Gasteiger partial charge in [-0.25, -0.2) is 4.98 Å². The zero-order valence-corrected chi connectivity index (χ0v) is 12.3. The van der Waals surface area contributed by atoms with E-state index in [1.807, 2.05) is 19.1 Å². The van der Waals surface area contributed by atoms with Crippen LogP contribution in [0.5, 0.6) is 5.75 Å². The normalized spacial score (nSPS) is 12.3. The molecule has 20 heavy (non-hydrogen) atoms. The number of aromatic nitrogens is 1. The van der Waals surface area contributed by atoms with E-state index in [2.05, 4.69) is 29.4 Å². The molecule has 1 N–H and O–H groups in total. The summed E-state index contributed by atoms with van der Waals surface area (Å²) in [6.45, 7) is 4.76. The predicted octanol–water partition coefficient (Wildman–Crippen LogP) is 3.10. The maximum atomic E-state index is 5.43. The van der Waals surface area contributed by atoms with Crippen LogP contribution in [-0.4, -0.2) is 18.1 Å². The number of oxazole rings is 1. The van der Waals surface area contributed by atoms with Crippen molar-refractivity contribution in [2.45, 2.75) is 39.3 Å². The highest BCUT2D eigenvalue weighted by molar-refractivity contribution is 5.27. The van der Waals surface area contributed by atoms with E-state index < -0.39 is 0 Å². The van der Waals surface area contributed by atoms with Crippen molar-refractivity contribution in [2.24, 2.45) is 0 Å². The van der Waals surface area contributed by atoms with Crippen molar-refractivity contribution in [3.8, 4) is 5.75 Å². The summed E-state index contributed by atoms with van der Waals surface area (Å²) in [5.74, 6) is 2.51. The van der Waals surface area contributed by atoms with Gasteiger partial charge < -0.3 is 14.5 Å². The highest BCUT2D eigenvalue weighted by atomic mass is 16.5. The molecule has 1 heterocycles. The van der Waals surface area contributed by atoms with Gasteiger partial charge in [-0.2, -0.15) is 0 Å². The number of ether oxygens (including phenoxy) is 1. The standard InChI is InChI=1S/C16H22N2O2/c1-12(17-11-16-18-10-13(2)20-16)4-5-14-6-8-15(19-3)9-7-14/h6-10,12,17H,4-5,11H2,1-3H3. The highest BCUT2D eigenvalue weighted by Gasteiger charge is 2.05. The first-order chi connectivity index (χ1) is 9.67. The van der Waals surface area contributed by atoms with E-state index in [-0.39, 0.29) is 0 Å². The molecule has 0 bridgehead atoms. The van der Waals surface area contributed by atoms with Crippen molar-refractivity contribution in [1.82, 2.24) is 10.3 Å². The summed E-state index contributed by atoms with van der Waals surface area (Å²) in [4.78, 5) is 4.18. The van der Waals surface area contributed by atoms with Crippen molar-refractivity contribution in [3.05, 3.63) is 47.7 Å². The second-order valence-electron chi connectivity index (χ2n) is 5.03. The zero-order valence-electron chi connectivity index (χ0n) is 12.3. The number of methoxy groups -OCH3 is 1. The third kappa shape index (κ3) is 4.38. The summed E-state index contributed by atoms with van der Waals surface area (Å²) in [6.07, 6.45) is 3.87. The topological polar surface area (TPSA) is 47.3 Å². The first kappa shape index (κ1) is 14.6. The molecule has 0 amide bonds. The fraction of sp³-hybridized carbons (Fsp3) is 0.438. The molecule has 0 aliphatic rings. The van der Waals surface area contributed by atoms with Crippen LogP contribution in [0.4, 0.5) is 0 Å². The minimum atomic E-state index is 0.421. The predicted molar refractivity (Wildman–Crippen MR) is 78.9 cm³/mol.